The highest BCUT2D eigenvalue weighted by Gasteiger charge is 2.46. The van der Waals surface area contributed by atoms with Gasteiger partial charge in [0.25, 0.3) is 0 Å². The Kier molecular flexibility index (Phi) is 3.10. The van der Waals surface area contributed by atoms with Crippen LogP contribution < -0.4 is 15.8 Å². The zero-order chi connectivity index (χ0) is 10.3. The minimum Gasteiger partial charge on any atom is -0.485 e. The van der Waals surface area contributed by atoms with Crippen LogP contribution in [0.3, 0.4) is 0 Å². The maximum atomic E-state index is 6.30. The molecule has 0 saturated carbocycles. The largest absolute Gasteiger partial charge is 0.485 e. The predicted molar refractivity (Wildman–Crippen MR) is 66.1 cm³/mol. The zero-order valence-corrected chi connectivity index (χ0v) is 9.93. The molecular weight excluding hydrogens is 224 g/mol. The summed E-state index contributed by atoms with van der Waals surface area (Å²) in [5.74, 6) is 0.979. The predicted octanol–water partition coefficient (Wildman–Crippen LogP) is 1.62. The summed E-state index contributed by atoms with van der Waals surface area (Å²) in [6.45, 7) is 2.00. The van der Waals surface area contributed by atoms with Crippen molar-refractivity contribution in [3.05, 3.63) is 29.8 Å². The van der Waals surface area contributed by atoms with Crippen molar-refractivity contribution in [2.24, 2.45) is 5.73 Å². The van der Waals surface area contributed by atoms with E-state index in [4.69, 9.17) is 10.5 Å². The minimum absolute atomic E-state index is 0. The molecule has 1 saturated heterocycles. The van der Waals surface area contributed by atoms with E-state index in [-0.39, 0.29) is 24.0 Å². The van der Waals surface area contributed by atoms with Crippen molar-refractivity contribution >= 4 is 12.4 Å². The Labute approximate surface area is 102 Å². The maximum Gasteiger partial charge on any atom is 0.131 e. The van der Waals surface area contributed by atoms with E-state index in [1.54, 1.807) is 0 Å². The van der Waals surface area contributed by atoms with Gasteiger partial charge in [-0.2, -0.15) is 0 Å². The number of para-hydroxylation sites is 1. The Morgan fingerprint density at radius 2 is 1.94 bits per heavy atom. The van der Waals surface area contributed by atoms with Crippen molar-refractivity contribution in [2.75, 3.05) is 13.1 Å². The van der Waals surface area contributed by atoms with Crippen molar-refractivity contribution in [2.45, 2.75) is 24.5 Å². The first-order chi connectivity index (χ1) is 7.32. The van der Waals surface area contributed by atoms with Gasteiger partial charge in [0.2, 0.25) is 0 Å². The average Bonchev–Trinajstić information content (AvgIpc) is 2.54. The third kappa shape index (κ3) is 1.59. The van der Waals surface area contributed by atoms with E-state index in [9.17, 15) is 0 Å². The number of ether oxygens (including phenoxy) is 1. The van der Waals surface area contributed by atoms with Crippen molar-refractivity contribution < 1.29 is 4.74 Å². The second kappa shape index (κ2) is 4.24. The summed E-state index contributed by atoms with van der Waals surface area (Å²) >= 11 is 0. The van der Waals surface area contributed by atoms with Gasteiger partial charge in [-0.15, -0.1) is 12.4 Å². The number of hydrogen-bond acceptors (Lipinski definition) is 3. The van der Waals surface area contributed by atoms with Gasteiger partial charge >= 0.3 is 0 Å². The Balaban J connectivity index is 0.000000963. The SMILES string of the molecule is Cl.NC1c2ccccc2OC12CCNCC2. The lowest BCUT2D eigenvalue weighted by atomic mass is 9.84. The molecule has 0 radical (unpaired) electrons. The molecule has 1 fully saturated rings. The van der Waals surface area contributed by atoms with Gasteiger partial charge in [0.15, 0.2) is 0 Å². The van der Waals surface area contributed by atoms with Crippen LogP contribution in [0.15, 0.2) is 24.3 Å². The number of halogens is 1. The summed E-state index contributed by atoms with van der Waals surface area (Å²) < 4.78 is 6.08. The van der Waals surface area contributed by atoms with Crippen LogP contribution in [0, 0.1) is 0 Å². The van der Waals surface area contributed by atoms with E-state index in [1.165, 1.54) is 5.56 Å². The normalized spacial score (nSPS) is 25.7. The highest BCUT2D eigenvalue weighted by molar-refractivity contribution is 5.85. The Morgan fingerprint density at radius 3 is 2.62 bits per heavy atom. The summed E-state index contributed by atoms with van der Waals surface area (Å²) in [7, 11) is 0. The topological polar surface area (TPSA) is 47.3 Å². The zero-order valence-electron chi connectivity index (χ0n) is 9.11. The van der Waals surface area contributed by atoms with E-state index < -0.39 is 0 Å². The fourth-order valence-electron chi connectivity index (χ4n) is 2.66. The fourth-order valence-corrected chi connectivity index (χ4v) is 2.66. The second-order valence-electron chi connectivity index (χ2n) is 4.43. The quantitative estimate of drug-likeness (QED) is 0.725. The molecule has 1 atom stereocenters. The van der Waals surface area contributed by atoms with E-state index >= 15 is 0 Å². The Hall–Kier alpha value is -0.770. The number of rotatable bonds is 0. The summed E-state index contributed by atoms with van der Waals surface area (Å²) in [6.07, 6.45) is 2.01. The van der Waals surface area contributed by atoms with Crippen LogP contribution in [0.5, 0.6) is 5.75 Å². The molecule has 3 N–H and O–H groups in total. The molecular formula is C12H17ClN2O. The van der Waals surface area contributed by atoms with Gasteiger partial charge < -0.3 is 15.8 Å². The first kappa shape index (κ1) is 11.7. The van der Waals surface area contributed by atoms with Gasteiger partial charge in [-0.05, 0) is 19.2 Å². The maximum absolute atomic E-state index is 6.30. The molecule has 1 unspecified atom stereocenters. The molecule has 0 amide bonds. The molecule has 0 aromatic heterocycles. The molecule has 3 nitrogen and oxygen atoms in total. The summed E-state index contributed by atoms with van der Waals surface area (Å²) in [6, 6.07) is 8.17. The molecule has 2 aliphatic heterocycles. The third-order valence-electron chi connectivity index (χ3n) is 3.58. The lowest BCUT2D eigenvalue weighted by Crippen LogP contribution is -2.50. The lowest BCUT2D eigenvalue weighted by molar-refractivity contribution is 0.0369. The van der Waals surface area contributed by atoms with Gasteiger partial charge in [0, 0.05) is 18.4 Å². The van der Waals surface area contributed by atoms with Crippen LogP contribution in [0.1, 0.15) is 24.4 Å². The van der Waals surface area contributed by atoms with Crippen LogP contribution in [0.25, 0.3) is 0 Å². The number of benzene rings is 1. The monoisotopic (exact) mass is 240 g/mol. The molecule has 88 valence electrons. The molecule has 0 bridgehead atoms. The minimum atomic E-state index is -0.144. The van der Waals surface area contributed by atoms with Crippen molar-refractivity contribution in [1.82, 2.24) is 5.32 Å². The van der Waals surface area contributed by atoms with E-state index in [0.29, 0.717) is 0 Å². The molecule has 16 heavy (non-hydrogen) atoms. The van der Waals surface area contributed by atoms with Gasteiger partial charge in [-0.1, -0.05) is 18.2 Å². The molecule has 4 heteroatoms. The average molecular weight is 241 g/mol. The summed E-state index contributed by atoms with van der Waals surface area (Å²) in [4.78, 5) is 0. The second-order valence-corrected chi connectivity index (χ2v) is 4.43. The lowest BCUT2D eigenvalue weighted by Gasteiger charge is -2.36. The first-order valence-electron chi connectivity index (χ1n) is 5.56. The molecule has 0 aliphatic carbocycles. The molecule has 1 spiro atoms. The van der Waals surface area contributed by atoms with Crippen LogP contribution in [0.2, 0.25) is 0 Å². The van der Waals surface area contributed by atoms with E-state index in [2.05, 4.69) is 11.4 Å². The van der Waals surface area contributed by atoms with Crippen LogP contribution in [-0.2, 0) is 0 Å². The molecule has 3 rings (SSSR count). The van der Waals surface area contributed by atoms with Crippen LogP contribution >= 0.6 is 12.4 Å². The van der Waals surface area contributed by atoms with Crippen molar-refractivity contribution in [3.63, 3.8) is 0 Å². The standard InChI is InChI=1S/C12H16N2O.ClH/c13-11-9-3-1-2-4-10(9)15-12(11)5-7-14-8-6-12;/h1-4,11,14H,5-8,13H2;1H. The van der Waals surface area contributed by atoms with Gasteiger partial charge in [0.05, 0.1) is 6.04 Å². The molecule has 2 heterocycles. The molecule has 2 aliphatic rings. The third-order valence-corrected chi connectivity index (χ3v) is 3.58. The number of hydrogen-bond donors (Lipinski definition) is 2. The van der Waals surface area contributed by atoms with Gasteiger partial charge in [0.1, 0.15) is 11.4 Å². The van der Waals surface area contributed by atoms with E-state index in [1.807, 2.05) is 18.2 Å². The summed E-state index contributed by atoms with van der Waals surface area (Å²) in [5, 5.41) is 3.35. The van der Waals surface area contributed by atoms with E-state index in [0.717, 1.165) is 31.7 Å². The molecule has 1 aromatic rings. The van der Waals surface area contributed by atoms with Gasteiger partial charge in [-0.25, -0.2) is 0 Å². The Morgan fingerprint density at radius 1 is 1.25 bits per heavy atom. The number of fused-ring (bicyclic) bond motifs is 1. The smallest absolute Gasteiger partial charge is 0.131 e. The highest BCUT2D eigenvalue weighted by atomic mass is 35.5. The van der Waals surface area contributed by atoms with Gasteiger partial charge in [-0.3, -0.25) is 0 Å². The molecule has 1 aromatic carbocycles. The first-order valence-corrected chi connectivity index (χ1v) is 5.56. The Bertz CT molecular complexity index is 377. The summed E-state index contributed by atoms with van der Waals surface area (Å²) in [5.41, 5.74) is 7.33. The highest BCUT2D eigenvalue weighted by Crippen LogP contribution is 2.45. The van der Waals surface area contributed by atoms with Crippen molar-refractivity contribution in [3.8, 4) is 5.75 Å². The number of nitrogens with two attached hydrogens (primary N) is 1. The number of piperidine rings is 1. The fraction of sp³-hybridized carbons (Fsp3) is 0.500. The van der Waals surface area contributed by atoms with Crippen LogP contribution in [0.4, 0.5) is 0 Å². The van der Waals surface area contributed by atoms with Crippen molar-refractivity contribution in [1.29, 1.82) is 0 Å². The van der Waals surface area contributed by atoms with Crippen LogP contribution in [-0.4, -0.2) is 18.7 Å². The number of nitrogens with one attached hydrogen (secondary N) is 1.